The number of halogens is 1. The molecule has 1 fully saturated rings. The predicted molar refractivity (Wildman–Crippen MR) is 86.9 cm³/mol. The second kappa shape index (κ2) is 6.03. The molecule has 24 heavy (non-hydrogen) atoms. The molecule has 0 aliphatic heterocycles. The number of nitro groups is 1. The quantitative estimate of drug-likeness (QED) is 0.624. The van der Waals surface area contributed by atoms with E-state index in [2.05, 4.69) is 0 Å². The van der Waals surface area contributed by atoms with Crippen LogP contribution in [0, 0.1) is 15.9 Å². The molecule has 5 nitrogen and oxygen atoms in total. The van der Waals surface area contributed by atoms with Gasteiger partial charge in [0.2, 0.25) is 5.91 Å². The number of amides is 1. The van der Waals surface area contributed by atoms with Crippen molar-refractivity contribution in [2.75, 3.05) is 7.05 Å². The fourth-order valence-electron chi connectivity index (χ4n) is 2.97. The summed E-state index contributed by atoms with van der Waals surface area (Å²) in [4.78, 5) is 24.6. The molecule has 0 N–H and O–H groups in total. The minimum Gasteiger partial charge on any atom is -0.341 e. The second-order valence-corrected chi connectivity index (χ2v) is 6.14. The van der Waals surface area contributed by atoms with E-state index in [9.17, 15) is 19.3 Å². The van der Waals surface area contributed by atoms with Crippen LogP contribution in [0.3, 0.4) is 0 Å². The highest BCUT2D eigenvalue weighted by atomic mass is 19.1. The number of likely N-dealkylation sites (N-methyl/N-ethyl adjacent to an activating group) is 1. The third-order valence-electron chi connectivity index (χ3n) is 4.50. The maximum absolute atomic E-state index is 13.8. The van der Waals surface area contributed by atoms with Crippen LogP contribution in [-0.2, 0) is 16.8 Å². The molecular formula is C18H17FN2O3. The van der Waals surface area contributed by atoms with Gasteiger partial charge in [-0.1, -0.05) is 30.3 Å². The molecule has 0 radical (unpaired) electrons. The van der Waals surface area contributed by atoms with Gasteiger partial charge in [0, 0.05) is 31.3 Å². The molecule has 1 saturated carbocycles. The Morgan fingerprint density at radius 2 is 1.83 bits per heavy atom. The fourth-order valence-corrected chi connectivity index (χ4v) is 2.97. The van der Waals surface area contributed by atoms with Gasteiger partial charge in [-0.2, -0.15) is 0 Å². The first-order valence-electron chi connectivity index (χ1n) is 7.68. The van der Waals surface area contributed by atoms with E-state index in [1.165, 1.54) is 23.1 Å². The second-order valence-electron chi connectivity index (χ2n) is 6.14. The summed E-state index contributed by atoms with van der Waals surface area (Å²) in [5, 5.41) is 10.7. The van der Waals surface area contributed by atoms with Gasteiger partial charge in [0.05, 0.1) is 10.3 Å². The predicted octanol–water partition coefficient (Wildman–Crippen LogP) is 3.42. The lowest BCUT2D eigenvalue weighted by Crippen LogP contribution is -2.36. The number of nitrogens with zero attached hydrogens (tertiary/aromatic N) is 2. The van der Waals surface area contributed by atoms with Gasteiger partial charge in [-0.25, -0.2) is 4.39 Å². The minimum atomic E-state index is -0.630. The van der Waals surface area contributed by atoms with Crippen LogP contribution >= 0.6 is 0 Å². The third-order valence-corrected chi connectivity index (χ3v) is 4.50. The van der Waals surface area contributed by atoms with E-state index < -0.39 is 10.3 Å². The number of non-ortho nitro benzene ring substituents is 1. The molecule has 1 aliphatic rings. The van der Waals surface area contributed by atoms with E-state index in [1.807, 2.05) is 0 Å². The molecule has 0 unspecified atom stereocenters. The van der Waals surface area contributed by atoms with Gasteiger partial charge in [-0.15, -0.1) is 0 Å². The standard InChI is InChI=1S/C18H17FN2O3/c1-20(12-13-4-2-3-5-16(13)19)17(22)18(10-11-18)14-6-8-15(9-7-14)21(23)24/h2-9H,10-12H2,1H3. The summed E-state index contributed by atoms with van der Waals surface area (Å²) in [5.74, 6) is -0.420. The number of benzene rings is 2. The maximum atomic E-state index is 13.8. The largest absolute Gasteiger partial charge is 0.341 e. The van der Waals surface area contributed by atoms with E-state index in [1.54, 1.807) is 37.4 Å². The van der Waals surface area contributed by atoms with Crippen LogP contribution in [0.2, 0.25) is 0 Å². The molecule has 0 atom stereocenters. The lowest BCUT2D eigenvalue weighted by atomic mass is 9.94. The molecule has 2 aromatic carbocycles. The number of hydrogen-bond acceptors (Lipinski definition) is 3. The molecule has 0 bridgehead atoms. The van der Waals surface area contributed by atoms with Gasteiger partial charge in [0.15, 0.2) is 0 Å². The number of hydrogen-bond donors (Lipinski definition) is 0. The van der Waals surface area contributed by atoms with Crippen LogP contribution in [0.4, 0.5) is 10.1 Å². The van der Waals surface area contributed by atoms with Crippen LogP contribution < -0.4 is 0 Å². The highest BCUT2D eigenvalue weighted by Gasteiger charge is 2.52. The average Bonchev–Trinajstić information content (AvgIpc) is 3.38. The van der Waals surface area contributed by atoms with Crippen molar-refractivity contribution in [1.82, 2.24) is 4.90 Å². The Balaban J connectivity index is 1.78. The molecule has 0 heterocycles. The SMILES string of the molecule is CN(Cc1ccccc1F)C(=O)C1(c2ccc([N+](=O)[O-])cc2)CC1. The summed E-state index contributed by atoms with van der Waals surface area (Å²) < 4.78 is 13.8. The molecule has 1 amide bonds. The summed E-state index contributed by atoms with van der Waals surface area (Å²) in [7, 11) is 1.65. The highest BCUT2D eigenvalue weighted by molar-refractivity contribution is 5.91. The van der Waals surface area contributed by atoms with Gasteiger partial charge in [-0.3, -0.25) is 14.9 Å². The van der Waals surface area contributed by atoms with Crippen LogP contribution in [0.1, 0.15) is 24.0 Å². The lowest BCUT2D eigenvalue weighted by Gasteiger charge is -2.24. The Bertz CT molecular complexity index is 785. The van der Waals surface area contributed by atoms with E-state index in [4.69, 9.17) is 0 Å². The Morgan fingerprint density at radius 1 is 1.21 bits per heavy atom. The third kappa shape index (κ3) is 2.87. The van der Waals surface area contributed by atoms with Gasteiger partial charge in [0.25, 0.3) is 5.69 Å². The molecule has 124 valence electrons. The maximum Gasteiger partial charge on any atom is 0.269 e. The highest BCUT2D eigenvalue weighted by Crippen LogP contribution is 2.49. The fraction of sp³-hybridized carbons (Fsp3) is 0.278. The van der Waals surface area contributed by atoms with Crippen molar-refractivity contribution in [2.45, 2.75) is 24.8 Å². The van der Waals surface area contributed by atoms with Gasteiger partial charge in [-0.05, 0) is 24.5 Å². The molecule has 3 rings (SSSR count). The topological polar surface area (TPSA) is 63.5 Å². The zero-order chi connectivity index (χ0) is 17.3. The van der Waals surface area contributed by atoms with Crippen molar-refractivity contribution in [3.63, 3.8) is 0 Å². The number of carbonyl (C=O) groups excluding carboxylic acids is 1. The van der Waals surface area contributed by atoms with Crippen LogP contribution in [0.15, 0.2) is 48.5 Å². The van der Waals surface area contributed by atoms with Crippen molar-refractivity contribution >= 4 is 11.6 Å². The van der Waals surface area contributed by atoms with Gasteiger partial charge < -0.3 is 4.90 Å². The normalized spacial score (nSPS) is 14.9. The summed E-state index contributed by atoms with van der Waals surface area (Å²) in [6, 6.07) is 12.5. The van der Waals surface area contributed by atoms with Crippen molar-refractivity contribution in [3.05, 3.63) is 75.6 Å². The zero-order valence-corrected chi connectivity index (χ0v) is 13.2. The summed E-state index contributed by atoms with van der Waals surface area (Å²) in [6.07, 6.45) is 1.40. The molecule has 1 aliphatic carbocycles. The van der Waals surface area contributed by atoms with E-state index >= 15 is 0 Å². The van der Waals surface area contributed by atoms with E-state index in [-0.39, 0.29) is 24.0 Å². The van der Waals surface area contributed by atoms with Gasteiger partial charge in [0.1, 0.15) is 5.82 Å². The molecule has 2 aromatic rings. The first-order valence-corrected chi connectivity index (χ1v) is 7.68. The van der Waals surface area contributed by atoms with Crippen molar-refractivity contribution in [3.8, 4) is 0 Å². The smallest absolute Gasteiger partial charge is 0.269 e. The molecule has 0 aromatic heterocycles. The lowest BCUT2D eigenvalue weighted by molar-refractivity contribution is -0.384. The zero-order valence-electron chi connectivity index (χ0n) is 13.2. The molecule has 0 saturated heterocycles. The minimum absolute atomic E-state index is 0.00158. The van der Waals surface area contributed by atoms with Crippen molar-refractivity contribution < 1.29 is 14.1 Å². The number of carbonyl (C=O) groups is 1. The Labute approximate surface area is 138 Å². The Morgan fingerprint density at radius 3 is 2.38 bits per heavy atom. The monoisotopic (exact) mass is 328 g/mol. The molecule has 0 spiro atoms. The number of nitro benzene ring substituents is 1. The summed E-state index contributed by atoms with van der Waals surface area (Å²) in [5.41, 5.74) is 0.614. The molecular weight excluding hydrogens is 311 g/mol. The average molecular weight is 328 g/mol. The van der Waals surface area contributed by atoms with Crippen LogP contribution in [0.5, 0.6) is 0 Å². The van der Waals surface area contributed by atoms with Crippen molar-refractivity contribution in [1.29, 1.82) is 0 Å². The Kier molecular flexibility index (Phi) is 4.05. The Hall–Kier alpha value is -2.76. The van der Waals surface area contributed by atoms with Crippen LogP contribution in [-0.4, -0.2) is 22.8 Å². The summed E-state index contributed by atoms with van der Waals surface area (Å²) >= 11 is 0. The summed E-state index contributed by atoms with van der Waals surface area (Å²) in [6.45, 7) is 0.195. The van der Waals surface area contributed by atoms with E-state index in [0.29, 0.717) is 18.4 Å². The first-order chi connectivity index (χ1) is 11.4. The van der Waals surface area contributed by atoms with Crippen LogP contribution in [0.25, 0.3) is 0 Å². The van der Waals surface area contributed by atoms with Gasteiger partial charge >= 0.3 is 0 Å². The first kappa shape index (κ1) is 16.1. The van der Waals surface area contributed by atoms with E-state index in [0.717, 1.165) is 5.56 Å². The molecule has 6 heteroatoms. The number of rotatable bonds is 5. The van der Waals surface area contributed by atoms with Crippen molar-refractivity contribution in [2.24, 2.45) is 0 Å².